The summed E-state index contributed by atoms with van der Waals surface area (Å²) in [5.41, 5.74) is 2.81. The molecular weight excluding hydrogens is 340 g/mol. The Hall–Kier alpha value is -1.92. The number of carbonyl (C=O) groups is 2. The van der Waals surface area contributed by atoms with Crippen molar-refractivity contribution in [2.45, 2.75) is 37.6 Å². The van der Waals surface area contributed by atoms with Gasteiger partial charge in [-0.3, -0.25) is 9.59 Å². The molecule has 148 valence electrons. The number of piperidine rings is 1. The van der Waals surface area contributed by atoms with Gasteiger partial charge in [-0.1, -0.05) is 24.3 Å². The second-order valence-corrected chi connectivity index (χ2v) is 8.25. The molecular formula is C21H32N4O2. The van der Waals surface area contributed by atoms with Crippen molar-refractivity contribution in [1.29, 1.82) is 0 Å². The number of fused-ring (bicyclic) bond motifs is 2. The SMILES string of the molecule is CC(=O)NCC(=O)NC1CC2(CCN(CCN(C)C)CC2)c2ccccc21. The second-order valence-electron chi connectivity index (χ2n) is 8.25. The summed E-state index contributed by atoms with van der Waals surface area (Å²) in [6.45, 7) is 5.88. The van der Waals surface area contributed by atoms with Crippen LogP contribution in [-0.4, -0.2) is 68.4 Å². The van der Waals surface area contributed by atoms with Crippen LogP contribution in [-0.2, 0) is 15.0 Å². The van der Waals surface area contributed by atoms with E-state index in [1.807, 2.05) is 0 Å². The number of amides is 2. The van der Waals surface area contributed by atoms with Crippen LogP contribution >= 0.6 is 0 Å². The Morgan fingerprint density at radius 3 is 2.59 bits per heavy atom. The molecule has 1 atom stereocenters. The van der Waals surface area contributed by atoms with Gasteiger partial charge in [-0.2, -0.15) is 0 Å². The van der Waals surface area contributed by atoms with E-state index in [9.17, 15) is 9.59 Å². The van der Waals surface area contributed by atoms with Gasteiger partial charge in [-0.05, 0) is 57.6 Å². The maximum absolute atomic E-state index is 12.2. The van der Waals surface area contributed by atoms with Crippen LogP contribution in [0.4, 0.5) is 0 Å². The van der Waals surface area contributed by atoms with Gasteiger partial charge < -0.3 is 20.4 Å². The van der Waals surface area contributed by atoms with Crippen molar-refractivity contribution in [1.82, 2.24) is 20.4 Å². The molecule has 2 N–H and O–H groups in total. The Bertz CT molecular complexity index is 681. The zero-order valence-corrected chi connectivity index (χ0v) is 16.8. The molecule has 1 aromatic rings. The zero-order valence-electron chi connectivity index (χ0n) is 16.8. The minimum Gasteiger partial charge on any atom is -0.348 e. The van der Waals surface area contributed by atoms with E-state index in [4.69, 9.17) is 0 Å². The van der Waals surface area contributed by atoms with Crippen LogP contribution in [0.25, 0.3) is 0 Å². The summed E-state index contributed by atoms with van der Waals surface area (Å²) < 4.78 is 0. The molecule has 1 aromatic carbocycles. The van der Waals surface area contributed by atoms with Crippen molar-refractivity contribution in [3.05, 3.63) is 35.4 Å². The number of hydrogen-bond acceptors (Lipinski definition) is 4. The number of likely N-dealkylation sites (tertiary alicyclic amines) is 1. The van der Waals surface area contributed by atoms with Crippen LogP contribution in [0.15, 0.2) is 24.3 Å². The van der Waals surface area contributed by atoms with Crippen LogP contribution < -0.4 is 10.6 Å². The number of benzene rings is 1. The van der Waals surface area contributed by atoms with Crippen molar-refractivity contribution in [3.63, 3.8) is 0 Å². The maximum atomic E-state index is 12.2. The third-order valence-corrected chi connectivity index (χ3v) is 6.01. The number of rotatable bonds is 6. The molecule has 1 spiro atoms. The lowest BCUT2D eigenvalue weighted by Gasteiger charge is -2.40. The molecule has 1 fully saturated rings. The largest absolute Gasteiger partial charge is 0.348 e. The molecule has 2 aliphatic rings. The first-order valence-electron chi connectivity index (χ1n) is 9.90. The van der Waals surface area contributed by atoms with E-state index in [-0.39, 0.29) is 29.8 Å². The van der Waals surface area contributed by atoms with Crippen LogP contribution in [0.2, 0.25) is 0 Å². The first-order chi connectivity index (χ1) is 12.9. The maximum Gasteiger partial charge on any atom is 0.239 e. The molecule has 1 aliphatic carbocycles. The van der Waals surface area contributed by atoms with Gasteiger partial charge in [0.2, 0.25) is 11.8 Å². The predicted molar refractivity (Wildman–Crippen MR) is 107 cm³/mol. The first-order valence-corrected chi connectivity index (χ1v) is 9.90. The van der Waals surface area contributed by atoms with E-state index in [1.54, 1.807) is 0 Å². The van der Waals surface area contributed by atoms with Crippen LogP contribution in [0.5, 0.6) is 0 Å². The highest BCUT2D eigenvalue weighted by Gasteiger charge is 2.45. The number of likely N-dealkylation sites (N-methyl/N-ethyl adjacent to an activating group) is 1. The Kier molecular flexibility index (Phi) is 6.17. The quantitative estimate of drug-likeness (QED) is 0.790. The minimum atomic E-state index is -0.182. The van der Waals surface area contributed by atoms with E-state index >= 15 is 0 Å². The van der Waals surface area contributed by atoms with Crippen LogP contribution in [0.1, 0.15) is 43.4 Å². The summed E-state index contributed by atoms with van der Waals surface area (Å²) >= 11 is 0. The molecule has 0 radical (unpaired) electrons. The fourth-order valence-corrected chi connectivity index (χ4v) is 4.49. The standard InChI is InChI=1S/C21H32N4O2/c1-16(26)22-15-20(27)23-19-14-21(18-7-5-4-6-17(18)19)8-10-25(11-9-21)13-12-24(2)3/h4-7,19H,8-15H2,1-3H3,(H,22,26)(H,23,27). The molecule has 2 amide bonds. The smallest absolute Gasteiger partial charge is 0.239 e. The molecule has 1 aliphatic heterocycles. The first kappa shape index (κ1) is 19.8. The van der Waals surface area contributed by atoms with Crippen molar-refractivity contribution < 1.29 is 9.59 Å². The van der Waals surface area contributed by atoms with Gasteiger partial charge in [-0.15, -0.1) is 0 Å². The Labute approximate surface area is 162 Å². The average molecular weight is 373 g/mol. The molecule has 1 unspecified atom stereocenters. The number of nitrogens with one attached hydrogen (secondary N) is 2. The molecule has 3 rings (SSSR count). The van der Waals surface area contributed by atoms with E-state index in [0.717, 1.165) is 45.4 Å². The molecule has 0 aromatic heterocycles. The van der Waals surface area contributed by atoms with Gasteiger partial charge in [-0.25, -0.2) is 0 Å². The van der Waals surface area contributed by atoms with E-state index in [1.165, 1.54) is 18.1 Å². The van der Waals surface area contributed by atoms with Gasteiger partial charge in [0, 0.05) is 25.4 Å². The molecule has 27 heavy (non-hydrogen) atoms. The predicted octanol–water partition coefficient (Wildman–Crippen LogP) is 1.28. The lowest BCUT2D eigenvalue weighted by molar-refractivity contribution is -0.125. The van der Waals surface area contributed by atoms with E-state index in [2.05, 4.69) is 58.8 Å². The van der Waals surface area contributed by atoms with Gasteiger partial charge >= 0.3 is 0 Å². The summed E-state index contributed by atoms with van der Waals surface area (Å²) in [6, 6.07) is 8.59. The second kappa shape index (κ2) is 8.40. The molecule has 0 bridgehead atoms. The molecule has 0 saturated carbocycles. The van der Waals surface area contributed by atoms with Crippen molar-refractivity contribution in [2.24, 2.45) is 0 Å². The molecule has 1 saturated heterocycles. The highest BCUT2D eigenvalue weighted by Crippen LogP contribution is 2.50. The monoisotopic (exact) mass is 372 g/mol. The fourth-order valence-electron chi connectivity index (χ4n) is 4.49. The Morgan fingerprint density at radius 1 is 1.22 bits per heavy atom. The topological polar surface area (TPSA) is 64.7 Å². The van der Waals surface area contributed by atoms with E-state index in [0.29, 0.717) is 0 Å². The number of hydrogen-bond donors (Lipinski definition) is 2. The minimum absolute atomic E-state index is 0.0378. The summed E-state index contributed by atoms with van der Waals surface area (Å²) in [4.78, 5) is 28.1. The number of carbonyl (C=O) groups excluding carboxylic acids is 2. The lowest BCUT2D eigenvalue weighted by Crippen LogP contribution is -2.44. The normalized spacial score (nSPS) is 21.3. The van der Waals surface area contributed by atoms with Gasteiger partial charge in [0.25, 0.3) is 0 Å². The van der Waals surface area contributed by atoms with Gasteiger partial charge in [0.15, 0.2) is 0 Å². The average Bonchev–Trinajstić information content (AvgIpc) is 2.93. The molecule has 1 heterocycles. The third kappa shape index (κ3) is 4.68. The summed E-state index contributed by atoms with van der Waals surface area (Å²) in [5.74, 6) is -0.302. The summed E-state index contributed by atoms with van der Waals surface area (Å²) in [5, 5.41) is 5.72. The van der Waals surface area contributed by atoms with E-state index < -0.39 is 0 Å². The fraction of sp³-hybridized carbons (Fsp3) is 0.619. The molecule has 6 heteroatoms. The zero-order chi connectivity index (χ0) is 19.4. The van der Waals surface area contributed by atoms with Crippen LogP contribution in [0.3, 0.4) is 0 Å². The lowest BCUT2D eigenvalue weighted by atomic mass is 9.73. The Balaban J connectivity index is 1.66. The highest BCUT2D eigenvalue weighted by atomic mass is 16.2. The van der Waals surface area contributed by atoms with Gasteiger partial charge in [0.1, 0.15) is 0 Å². The van der Waals surface area contributed by atoms with Crippen molar-refractivity contribution >= 4 is 11.8 Å². The Morgan fingerprint density at radius 2 is 1.93 bits per heavy atom. The summed E-state index contributed by atoms with van der Waals surface area (Å²) in [7, 11) is 4.24. The number of nitrogens with zero attached hydrogens (tertiary/aromatic N) is 2. The van der Waals surface area contributed by atoms with Crippen LogP contribution in [0, 0.1) is 0 Å². The van der Waals surface area contributed by atoms with Gasteiger partial charge in [0.05, 0.1) is 12.6 Å². The highest BCUT2D eigenvalue weighted by molar-refractivity contribution is 5.84. The molecule has 6 nitrogen and oxygen atoms in total. The van der Waals surface area contributed by atoms with Crippen molar-refractivity contribution in [2.75, 3.05) is 46.8 Å². The third-order valence-electron chi connectivity index (χ3n) is 6.01. The summed E-state index contributed by atoms with van der Waals surface area (Å²) in [6.07, 6.45) is 3.23. The van der Waals surface area contributed by atoms with Crippen molar-refractivity contribution in [3.8, 4) is 0 Å².